The van der Waals surface area contributed by atoms with Gasteiger partial charge in [0, 0.05) is 17.7 Å². The molecule has 0 bridgehead atoms. The van der Waals surface area contributed by atoms with Crippen molar-refractivity contribution in [2.24, 2.45) is 5.92 Å². The first-order valence-electron chi connectivity index (χ1n) is 9.37. The molecular weight excluding hydrogens is 402 g/mol. The molecule has 2 heterocycles. The van der Waals surface area contributed by atoms with Gasteiger partial charge in [0.25, 0.3) is 5.91 Å². The van der Waals surface area contributed by atoms with Crippen molar-refractivity contribution in [1.82, 2.24) is 20.2 Å². The van der Waals surface area contributed by atoms with Crippen LogP contribution in [0.4, 0.5) is 5.13 Å². The number of benzene rings is 2. The van der Waals surface area contributed by atoms with Crippen LogP contribution in [-0.2, 0) is 12.2 Å². The van der Waals surface area contributed by atoms with E-state index in [2.05, 4.69) is 39.3 Å². The zero-order valence-corrected chi connectivity index (χ0v) is 17.8. The summed E-state index contributed by atoms with van der Waals surface area (Å²) in [5.41, 5.74) is 3.53. The van der Waals surface area contributed by atoms with Crippen LogP contribution in [0.15, 0.2) is 53.7 Å². The molecule has 0 unspecified atom stereocenters. The minimum Gasteiger partial charge on any atom is -0.333 e. The zero-order chi connectivity index (χ0) is 20.2. The highest BCUT2D eigenvalue weighted by molar-refractivity contribution is 7.98. The fraction of sp³-hybridized carbons (Fsp3) is 0.238. The largest absolute Gasteiger partial charge is 0.333 e. The van der Waals surface area contributed by atoms with Gasteiger partial charge in [-0.2, -0.15) is 0 Å². The van der Waals surface area contributed by atoms with Crippen LogP contribution in [0.1, 0.15) is 34.8 Å². The number of thioether (sulfide) groups is 1. The van der Waals surface area contributed by atoms with Crippen LogP contribution in [0.3, 0.4) is 0 Å². The number of carbonyl (C=O) groups excluding carboxylic acids is 1. The van der Waals surface area contributed by atoms with Gasteiger partial charge in [-0.1, -0.05) is 67.3 Å². The van der Waals surface area contributed by atoms with Gasteiger partial charge in [0.1, 0.15) is 5.01 Å². The Morgan fingerprint density at radius 2 is 1.93 bits per heavy atom. The van der Waals surface area contributed by atoms with Crippen LogP contribution in [0.2, 0.25) is 0 Å². The van der Waals surface area contributed by atoms with Crippen molar-refractivity contribution in [3.05, 3.63) is 64.7 Å². The SMILES string of the molecule is CC(C)Cc1nnc(NC(=O)c2ccccc2CSc2nc3ccccc3[nH]2)s1. The second-order valence-electron chi connectivity index (χ2n) is 7.06. The third-order valence-corrected chi connectivity index (χ3v) is 6.05. The van der Waals surface area contributed by atoms with E-state index in [-0.39, 0.29) is 5.91 Å². The number of para-hydroxylation sites is 2. The summed E-state index contributed by atoms with van der Waals surface area (Å²) in [4.78, 5) is 20.7. The van der Waals surface area contributed by atoms with Crippen molar-refractivity contribution in [3.63, 3.8) is 0 Å². The first-order valence-corrected chi connectivity index (χ1v) is 11.2. The molecule has 0 saturated heterocycles. The van der Waals surface area contributed by atoms with E-state index in [1.165, 1.54) is 11.3 Å². The fourth-order valence-electron chi connectivity index (χ4n) is 2.91. The number of nitrogens with zero attached hydrogens (tertiary/aromatic N) is 3. The molecule has 2 aromatic carbocycles. The number of rotatable bonds is 7. The van der Waals surface area contributed by atoms with Crippen molar-refractivity contribution in [1.29, 1.82) is 0 Å². The van der Waals surface area contributed by atoms with E-state index < -0.39 is 0 Å². The number of amides is 1. The molecule has 0 atom stereocenters. The smallest absolute Gasteiger partial charge is 0.257 e. The number of H-pyrrole nitrogens is 1. The predicted octanol–water partition coefficient (Wildman–Crippen LogP) is 5.16. The molecule has 148 valence electrons. The number of hydrogen-bond acceptors (Lipinski definition) is 6. The van der Waals surface area contributed by atoms with Crippen LogP contribution in [-0.4, -0.2) is 26.1 Å². The topological polar surface area (TPSA) is 83.6 Å². The highest BCUT2D eigenvalue weighted by Gasteiger charge is 2.15. The standard InChI is InChI=1S/C21H21N5OS2/c1-13(2)11-18-25-26-21(29-18)24-19(27)15-8-4-3-7-14(15)12-28-20-22-16-9-5-6-10-17(16)23-20/h3-10,13H,11-12H2,1-2H3,(H,22,23)(H,24,26,27). The first-order chi connectivity index (χ1) is 14.1. The number of hydrogen-bond donors (Lipinski definition) is 2. The van der Waals surface area contributed by atoms with Gasteiger partial charge in [0.05, 0.1) is 11.0 Å². The van der Waals surface area contributed by atoms with Gasteiger partial charge in [0.2, 0.25) is 5.13 Å². The second kappa shape index (κ2) is 8.75. The highest BCUT2D eigenvalue weighted by atomic mass is 32.2. The first kappa shape index (κ1) is 19.6. The maximum absolute atomic E-state index is 12.8. The Hall–Kier alpha value is -2.71. The lowest BCUT2D eigenvalue weighted by Crippen LogP contribution is -2.13. The van der Waals surface area contributed by atoms with Crippen LogP contribution in [0.25, 0.3) is 11.0 Å². The average molecular weight is 424 g/mol. The van der Waals surface area contributed by atoms with Gasteiger partial charge in [-0.3, -0.25) is 10.1 Å². The minimum atomic E-state index is -0.168. The van der Waals surface area contributed by atoms with Crippen molar-refractivity contribution in [2.75, 3.05) is 5.32 Å². The lowest BCUT2D eigenvalue weighted by Gasteiger charge is -2.07. The van der Waals surface area contributed by atoms with Crippen LogP contribution >= 0.6 is 23.1 Å². The molecule has 0 spiro atoms. The predicted molar refractivity (Wildman–Crippen MR) is 119 cm³/mol. The number of nitrogens with one attached hydrogen (secondary N) is 2. The summed E-state index contributed by atoms with van der Waals surface area (Å²) < 4.78 is 0. The normalized spacial score (nSPS) is 11.3. The number of aromatic amines is 1. The van der Waals surface area contributed by atoms with E-state index in [1.54, 1.807) is 11.8 Å². The summed E-state index contributed by atoms with van der Waals surface area (Å²) >= 11 is 3.00. The second-order valence-corrected chi connectivity index (χ2v) is 9.08. The molecule has 2 aromatic heterocycles. The van der Waals surface area contributed by atoms with Gasteiger partial charge in [0.15, 0.2) is 5.16 Å². The van der Waals surface area contributed by atoms with E-state index >= 15 is 0 Å². The number of carbonyl (C=O) groups is 1. The molecule has 4 rings (SSSR count). The Bertz CT molecular complexity index is 1100. The van der Waals surface area contributed by atoms with Crippen molar-refractivity contribution in [2.45, 2.75) is 31.2 Å². The van der Waals surface area contributed by atoms with Gasteiger partial charge >= 0.3 is 0 Å². The summed E-state index contributed by atoms with van der Waals surface area (Å²) in [7, 11) is 0. The quantitative estimate of drug-likeness (QED) is 0.401. The Kier molecular flexibility index (Phi) is 5.92. The Balaban J connectivity index is 1.45. The molecule has 8 heteroatoms. The third kappa shape index (κ3) is 4.83. The van der Waals surface area contributed by atoms with Gasteiger partial charge < -0.3 is 4.98 Å². The fourth-order valence-corrected chi connectivity index (χ4v) is 4.75. The summed E-state index contributed by atoms with van der Waals surface area (Å²) in [6, 6.07) is 15.5. The summed E-state index contributed by atoms with van der Waals surface area (Å²) in [5.74, 6) is 0.971. The zero-order valence-electron chi connectivity index (χ0n) is 16.2. The average Bonchev–Trinajstić information content (AvgIpc) is 3.32. The van der Waals surface area contributed by atoms with Gasteiger partial charge in [-0.05, 0) is 29.7 Å². The Labute approximate surface area is 177 Å². The minimum absolute atomic E-state index is 0.168. The van der Waals surface area contributed by atoms with Gasteiger partial charge in [-0.25, -0.2) is 4.98 Å². The van der Waals surface area contributed by atoms with Crippen LogP contribution < -0.4 is 5.32 Å². The van der Waals surface area contributed by atoms with E-state index in [4.69, 9.17) is 0 Å². The van der Waals surface area contributed by atoms with Crippen LogP contribution in [0.5, 0.6) is 0 Å². The molecule has 2 N–H and O–H groups in total. The maximum Gasteiger partial charge on any atom is 0.257 e. The number of anilines is 1. The van der Waals surface area contributed by atoms with E-state index in [1.807, 2.05) is 48.5 Å². The van der Waals surface area contributed by atoms with E-state index in [0.717, 1.165) is 33.2 Å². The van der Waals surface area contributed by atoms with E-state index in [9.17, 15) is 4.79 Å². The molecule has 6 nitrogen and oxygen atoms in total. The molecule has 0 fully saturated rings. The molecule has 4 aromatic rings. The van der Waals surface area contributed by atoms with Gasteiger partial charge in [-0.15, -0.1) is 10.2 Å². The number of fused-ring (bicyclic) bond motifs is 1. The summed E-state index contributed by atoms with van der Waals surface area (Å²) in [5, 5.41) is 13.4. The molecule has 0 aliphatic carbocycles. The number of aromatic nitrogens is 4. The molecule has 0 aliphatic rings. The molecule has 29 heavy (non-hydrogen) atoms. The summed E-state index contributed by atoms with van der Waals surface area (Å²) in [6.45, 7) is 4.27. The molecule has 0 saturated carbocycles. The van der Waals surface area contributed by atoms with Crippen molar-refractivity contribution >= 4 is 45.2 Å². The lowest BCUT2D eigenvalue weighted by molar-refractivity contribution is 0.102. The summed E-state index contributed by atoms with van der Waals surface area (Å²) in [6.07, 6.45) is 0.859. The number of imidazole rings is 1. The molecule has 0 aliphatic heterocycles. The molecular formula is C21H21N5OS2. The lowest BCUT2D eigenvalue weighted by atomic mass is 10.1. The highest BCUT2D eigenvalue weighted by Crippen LogP contribution is 2.25. The van der Waals surface area contributed by atoms with Crippen molar-refractivity contribution in [3.8, 4) is 0 Å². The van der Waals surface area contributed by atoms with Crippen LogP contribution in [0, 0.1) is 5.92 Å². The molecule has 1 amide bonds. The monoisotopic (exact) mass is 423 g/mol. The Morgan fingerprint density at radius 3 is 2.76 bits per heavy atom. The maximum atomic E-state index is 12.8. The van der Waals surface area contributed by atoms with Crippen molar-refractivity contribution < 1.29 is 4.79 Å². The Morgan fingerprint density at radius 1 is 1.14 bits per heavy atom. The third-order valence-electron chi connectivity index (χ3n) is 4.26. The molecule has 0 radical (unpaired) electrons. The van der Waals surface area contributed by atoms with E-state index in [0.29, 0.717) is 22.4 Å².